The van der Waals surface area contributed by atoms with E-state index in [2.05, 4.69) is 28.3 Å². The number of piperidine rings is 1. The quantitative estimate of drug-likeness (QED) is 0.563. The van der Waals surface area contributed by atoms with Crippen LogP contribution in [0.3, 0.4) is 0 Å². The molecule has 23 heavy (non-hydrogen) atoms. The van der Waals surface area contributed by atoms with Gasteiger partial charge in [0.2, 0.25) is 0 Å². The molecule has 1 aromatic carbocycles. The van der Waals surface area contributed by atoms with Crippen LogP contribution in [-0.4, -0.2) is 35.6 Å². The van der Waals surface area contributed by atoms with Gasteiger partial charge in [-0.15, -0.1) is 0 Å². The van der Waals surface area contributed by atoms with Gasteiger partial charge < -0.3 is 15.2 Å². The van der Waals surface area contributed by atoms with E-state index in [9.17, 15) is 0 Å². The van der Waals surface area contributed by atoms with Gasteiger partial charge in [-0.2, -0.15) is 0 Å². The molecule has 3 rings (SSSR count). The highest BCUT2D eigenvalue weighted by Gasteiger charge is 2.23. The summed E-state index contributed by atoms with van der Waals surface area (Å²) >= 11 is 5.23. The minimum absolute atomic E-state index is 0.541. The number of hydrogen-bond acceptors (Lipinski definition) is 3. The van der Waals surface area contributed by atoms with Crippen LogP contribution in [0.15, 0.2) is 24.3 Å². The SMILES string of the molecule is CCC1CCCC[NH+]1CCCNc1nc(=S)[nH]c2ccccc12. The minimum atomic E-state index is 0.541. The molecule has 0 saturated carbocycles. The summed E-state index contributed by atoms with van der Waals surface area (Å²) in [7, 11) is 0. The summed E-state index contributed by atoms with van der Waals surface area (Å²) in [5, 5.41) is 4.60. The van der Waals surface area contributed by atoms with E-state index < -0.39 is 0 Å². The topological polar surface area (TPSA) is 45.1 Å². The Morgan fingerprint density at radius 1 is 1.35 bits per heavy atom. The van der Waals surface area contributed by atoms with Crippen LogP contribution in [0.2, 0.25) is 0 Å². The molecule has 0 bridgehead atoms. The minimum Gasteiger partial charge on any atom is -0.369 e. The molecule has 0 spiro atoms. The summed E-state index contributed by atoms with van der Waals surface area (Å²) in [5.74, 6) is 0.907. The Labute approximate surface area is 143 Å². The zero-order chi connectivity index (χ0) is 16.1. The van der Waals surface area contributed by atoms with Crippen molar-refractivity contribution in [2.75, 3.05) is 25.0 Å². The number of aromatic amines is 1. The summed E-state index contributed by atoms with van der Waals surface area (Å²) < 4.78 is 0.541. The van der Waals surface area contributed by atoms with Gasteiger partial charge in [-0.05, 0) is 50.0 Å². The maximum absolute atomic E-state index is 5.23. The second-order valence-electron chi connectivity index (χ2n) is 6.48. The van der Waals surface area contributed by atoms with Gasteiger partial charge in [0.1, 0.15) is 5.82 Å². The zero-order valence-corrected chi connectivity index (χ0v) is 14.7. The molecule has 2 unspecified atom stereocenters. The van der Waals surface area contributed by atoms with E-state index in [1.54, 1.807) is 4.90 Å². The van der Waals surface area contributed by atoms with Crippen molar-refractivity contribution in [1.29, 1.82) is 0 Å². The smallest absolute Gasteiger partial charge is 0.199 e. The van der Waals surface area contributed by atoms with Crippen LogP contribution < -0.4 is 10.2 Å². The molecule has 1 aliphatic heterocycles. The van der Waals surface area contributed by atoms with E-state index in [4.69, 9.17) is 12.2 Å². The van der Waals surface area contributed by atoms with Crippen molar-refractivity contribution in [3.8, 4) is 0 Å². The Hall–Kier alpha value is -1.46. The highest BCUT2D eigenvalue weighted by molar-refractivity contribution is 7.71. The van der Waals surface area contributed by atoms with E-state index in [1.807, 2.05) is 18.2 Å². The fourth-order valence-corrected chi connectivity index (χ4v) is 3.93. The molecule has 2 atom stereocenters. The molecular formula is C18H27N4S+. The van der Waals surface area contributed by atoms with Crippen LogP contribution in [0.5, 0.6) is 0 Å². The average molecular weight is 332 g/mol. The lowest BCUT2D eigenvalue weighted by molar-refractivity contribution is -0.930. The average Bonchev–Trinajstić information content (AvgIpc) is 2.58. The van der Waals surface area contributed by atoms with Crippen molar-refractivity contribution < 1.29 is 4.90 Å². The number of H-pyrrole nitrogens is 1. The van der Waals surface area contributed by atoms with Crippen molar-refractivity contribution in [1.82, 2.24) is 9.97 Å². The molecule has 2 heterocycles. The van der Waals surface area contributed by atoms with Crippen LogP contribution >= 0.6 is 12.2 Å². The third-order valence-corrected chi connectivity index (χ3v) is 5.17. The van der Waals surface area contributed by atoms with Crippen LogP contribution in [0, 0.1) is 4.77 Å². The van der Waals surface area contributed by atoms with Crippen molar-refractivity contribution >= 4 is 28.9 Å². The standard InChI is InChI=1S/C18H26N4S/c1-2-14-8-5-6-12-22(14)13-7-11-19-17-15-9-3-4-10-16(15)20-18(23)21-17/h3-4,9-10,14H,2,5-8,11-13H2,1H3,(H2,19,20,21,23)/p+1. The maximum Gasteiger partial charge on any atom is 0.199 e. The first-order valence-electron chi connectivity index (χ1n) is 8.85. The van der Waals surface area contributed by atoms with Gasteiger partial charge in [0.15, 0.2) is 4.77 Å². The van der Waals surface area contributed by atoms with Crippen molar-refractivity contribution in [2.45, 2.75) is 45.1 Å². The van der Waals surface area contributed by atoms with Crippen molar-refractivity contribution in [3.05, 3.63) is 29.0 Å². The molecule has 124 valence electrons. The number of anilines is 1. The van der Waals surface area contributed by atoms with Gasteiger partial charge in [-0.25, -0.2) is 4.98 Å². The maximum atomic E-state index is 5.23. The highest BCUT2D eigenvalue weighted by atomic mass is 32.1. The normalized spacial score (nSPS) is 21.4. The third-order valence-electron chi connectivity index (χ3n) is 4.97. The lowest BCUT2D eigenvalue weighted by Gasteiger charge is -2.32. The first-order valence-corrected chi connectivity index (χ1v) is 9.26. The van der Waals surface area contributed by atoms with Gasteiger partial charge in [-0.3, -0.25) is 0 Å². The van der Waals surface area contributed by atoms with Gasteiger partial charge >= 0.3 is 0 Å². The van der Waals surface area contributed by atoms with E-state index in [0.717, 1.165) is 29.3 Å². The molecule has 0 radical (unpaired) electrons. The Morgan fingerprint density at radius 3 is 3.09 bits per heavy atom. The van der Waals surface area contributed by atoms with Gasteiger partial charge in [0.05, 0.1) is 24.6 Å². The Bertz CT molecular complexity index is 697. The second-order valence-corrected chi connectivity index (χ2v) is 6.86. The number of fused-ring (bicyclic) bond motifs is 1. The third kappa shape index (κ3) is 4.09. The number of nitrogens with zero attached hydrogens (tertiary/aromatic N) is 1. The lowest BCUT2D eigenvalue weighted by Crippen LogP contribution is -3.16. The van der Waals surface area contributed by atoms with Crippen molar-refractivity contribution in [2.24, 2.45) is 0 Å². The summed E-state index contributed by atoms with van der Waals surface area (Å²) in [6, 6.07) is 9.05. The van der Waals surface area contributed by atoms with E-state index in [0.29, 0.717) is 4.77 Å². The van der Waals surface area contributed by atoms with Gasteiger partial charge in [0.25, 0.3) is 0 Å². The van der Waals surface area contributed by atoms with E-state index in [1.165, 1.54) is 45.2 Å². The number of quaternary nitrogens is 1. The highest BCUT2D eigenvalue weighted by Crippen LogP contribution is 2.18. The molecule has 4 nitrogen and oxygen atoms in total. The predicted molar refractivity (Wildman–Crippen MR) is 98.7 cm³/mol. The molecule has 1 saturated heterocycles. The number of likely N-dealkylation sites (tertiary alicyclic amines) is 1. The van der Waals surface area contributed by atoms with Gasteiger partial charge in [-0.1, -0.05) is 19.1 Å². The molecule has 1 aromatic heterocycles. The summed E-state index contributed by atoms with van der Waals surface area (Å²) in [5.41, 5.74) is 1.04. The largest absolute Gasteiger partial charge is 0.369 e. The fraction of sp³-hybridized carbons (Fsp3) is 0.556. The molecule has 2 aromatic rings. The number of para-hydroxylation sites is 1. The van der Waals surface area contributed by atoms with Crippen molar-refractivity contribution in [3.63, 3.8) is 0 Å². The Morgan fingerprint density at radius 2 is 2.22 bits per heavy atom. The van der Waals surface area contributed by atoms with E-state index >= 15 is 0 Å². The fourth-order valence-electron chi connectivity index (χ4n) is 3.73. The lowest BCUT2D eigenvalue weighted by atomic mass is 10.00. The molecule has 1 fully saturated rings. The number of hydrogen-bond donors (Lipinski definition) is 3. The van der Waals surface area contributed by atoms with Crippen LogP contribution in [0.25, 0.3) is 10.9 Å². The Kier molecular flexibility index (Phi) is 5.62. The summed E-state index contributed by atoms with van der Waals surface area (Å²) in [6.45, 7) is 5.88. The molecule has 3 N–H and O–H groups in total. The molecule has 0 aliphatic carbocycles. The molecular weight excluding hydrogens is 304 g/mol. The Balaban J connectivity index is 1.58. The first-order chi connectivity index (χ1) is 11.3. The monoisotopic (exact) mass is 331 g/mol. The van der Waals surface area contributed by atoms with Gasteiger partial charge in [0, 0.05) is 18.4 Å². The number of benzene rings is 1. The predicted octanol–water partition coefficient (Wildman–Crippen LogP) is 2.94. The number of aromatic nitrogens is 2. The molecule has 1 aliphatic rings. The summed E-state index contributed by atoms with van der Waals surface area (Å²) in [4.78, 5) is 9.40. The molecule has 5 heteroatoms. The van der Waals surface area contributed by atoms with Crippen LogP contribution in [0.4, 0.5) is 5.82 Å². The van der Waals surface area contributed by atoms with E-state index in [-0.39, 0.29) is 0 Å². The zero-order valence-electron chi connectivity index (χ0n) is 13.9. The first kappa shape index (κ1) is 16.4. The van der Waals surface area contributed by atoms with Crippen LogP contribution in [0.1, 0.15) is 39.0 Å². The molecule has 0 amide bonds. The summed E-state index contributed by atoms with van der Waals surface area (Å²) in [6.07, 6.45) is 6.69. The van der Waals surface area contributed by atoms with Crippen LogP contribution in [-0.2, 0) is 0 Å². The number of nitrogens with one attached hydrogen (secondary N) is 3. The second kappa shape index (κ2) is 7.88. The number of rotatable bonds is 6.